The first-order valence-electron chi connectivity index (χ1n) is 23.2. The largest absolute Gasteiger partial charge is 0.455 e. The van der Waals surface area contributed by atoms with Gasteiger partial charge in [0.25, 0.3) is 0 Å². The van der Waals surface area contributed by atoms with Crippen molar-refractivity contribution in [2.24, 2.45) is 0 Å². The third-order valence-electron chi connectivity index (χ3n) is 14.7. The van der Waals surface area contributed by atoms with Crippen molar-refractivity contribution in [3.05, 3.63) is 205 Å². The number of furan rings is 3. The summed E-state index contributed by atoms with van der Waals surface area (Å²) in [6, 6.07) is 66.7. The van der Waals surface area contributed by atoms with E-state index in [9.17, 15) is 11.8 Å². The predicted molar refractivity (Wildman–Crippen MR) is 282 cm³/mol. The van der Waals surface area contributed by atoms with E-state index in [2.05, 4.69) is 116 Å². The van der Waals surface area contributed by atoms with Crippen LogP contribution in [-0.4, -0.2) is 13.7 Å². The quantitative estimate of drug-likeness (QED) is 0.165. The molecule has 6 aromatic heterocycles. The third kappa shape index (κ3) is 4.57. The van der Waals surface area contributed by atoms with Crippen LogP contribution in [0.4, 0.5) is 5.69 Å². The van der Waals surface area contributed by atoms with Crippen LogP contribution < -0.4 is 0 Å². The standard InChI is InChI=1S/C62H31N5O3/c1-64-58-51(66-45-21-9-3-18-41(45)56-48(66)30-27-38-35-15-6-12-24-53(35)69-61(38)56)32-50(65-44-20-8-2-17-40(44)55-47(65)29-26-37-34-14-5-11-23-52(34)68-60(37)55)43(33-63)59(58)67-46-22-10-4-19-42(46)57-49(67)31-28-39-36-16-7-13-25-54(36)70-62(39)57/h2-32H. The topological polar surface area (TPSA) is 82.4 Å². The summed E-state index contributed by atoms with van der Waals surface area (Å²) in [7, 11) is 0. The van der Waals surface area contributed by atoms with E-state index in [-0.39, 0.29) is 0 Å². The molecule has 8 heteroatoms. The van der Waals surface area contributed by atoms with Crippen LogP contribution in [0.15, 0.2) is 201 Å². The average molecular weight is 894 g/mol. The van der Waals surface area contributed by atoms with Gasteiger partial charge in [-0.05, 0) is 78.9 Å². The molecule has 16 aromatic rings. The maximum absolute atomic E-state index is 12.0. The summed E-state index contributed by atoms with van der Waals surface area (Å²) in [4.78, 5) is 4.51. The Kier molecular flexibility index (Phi) is 7.06. The molecule has 0 aliphatic rings. The van der Waals surface area contributed by atoms with Gasteiger partial charge in [-0.25, -0.2) is 4.85 Å². The fourth-order valence-electron chi connectivity index (χ4n) is 11.9. The third-order valence-corrected chi connectivity index (χ3v) is 14.7. The Labute approximate surface area is 395 Å². The molecule has 16 rings (SSSR count). The van der Waals surface area contributed by atoms with Gasteiger partial charge in [0.2, 0.25) is 5.69 Å². The van der Waals surface area contributed by atoms with Crippen LogP contribution in [0.5, 0.6) is 0 Å². The van der Waals surface area contributed by atoms with Crippen LogP contribution in [-0.2, 0) is 0 Å². The highest BCUT2D eigenvalue weighted by molar-refractivity contribution is 6.27. The Hall–Kier alpha value is -10.0. The summed E-state index contributed by atoms with van der Waals surface area (Å²) in [5.74, 6) is 0. The normalized spacial score (nSPS) is 12.3. The molecule has 0 atom stereocenters. The average Bonchev–Trinajstić information content (AvgIpc) is 4.26. The fraction of sp³-hybridized carbons (Fsp3) is 0. The van der Waals surface area contributed by atoms with E-state index in [1.807, 2.05) is 97.1 Å². The molecule has 0 saturated carbocycles. The summed E-state index contributed by atoms with van der Waals surface area (Å²) in [6.07, 6.45) is 0. The molecule has 0 spiro atoms. The van der Waals surface area contributed by atoms with E-state index in [0.29, 0.717) is 28.3 Å². The van der Waals surface area contributed by atoms with Crippen LogP contribution in [0.25, 0.3) is 153 Å². The minimum Gasteiger partial charge on any atom is -0.455 e. The molecule has 0 N–H and O–H groups in total. The van der Waals surface area contributed by atoms with Crippen molar-refractivity contribution >= 4 is 137 Å². The second kappa shape index (κ2) is 13.3. The lowest BCUT2D eigenvalue weighted by Gasteiger charge is -2.21. The minimum atomic E-state index is 0.320. The van der Waals surface area contributed by atoms with E-state index in [0.717, 1.165) is 131 Å². The molecule has 0 fully saturated rings. The number of aromatic nitrogens is 3. The van der Waals surface area contributed by atoms with Gasteiger partial charge in [-0.2, -0.15) is 5.26 Å². The van der Waals surface area contributed by atoms with E-state index in [1.165, 1.54) is 0 Å². The van der Waals surface area contributed by atoms with Crippen molar-refractivity contribution in [1.82, 2.24) is 13.7 Å². The van der Waals surface area contributed by atoms with Crippen LogP contribution >= 0.6 is 0 Å². The molecule has 6 heterocycles. The molecular formula is C62H31N5O3. The smallest absolute Gasteiger partial charge is 0.235 e. The number of rotatable bonds is 3. The zero-order chi connectivity index (χ0) is 45.9. The summed E-state index contributed by atoms with van der Waals surface area (Å²) < 4.78 is 26.7. The number of hydrogen-bond donors (Lipinski definition) is 0. The predicted octanol–water partition coefficient (Wildman–Crippen LogP) is 17.1. The number of para-hydroxylation sites is 6. The first kappa shape index (κ1) is 37.1. The highest BCUT2D eigenvalue weighted by Gasteiger charge is 2.30. The van der Waals surface area contributed by atoms with Gasteiger partial charge in [0.05, 0.1) is 78.5 Å². The monoisotopic (exact) mass is 893 g/mol. The van der Waals surface area contributed by atoms with E-state index >= 15 is 0 Å². The van der Waals surface area contributed by atoms with E-state index in [4.69, 9.17) is 13.3 Å². The number of hydrogen-bond acceptors (Lipinski definition) is 4. The molecule has 0 saturated heterocycles. The number of nitriles is 1. The van der Waals surface area contributed by atoms with Crippen LogP contribution in [0, 0.1) is 17.9 Å². The van der Waals surface area contributed by atoms with Crippen LogP contribution in [0.3, 0.4) is 0 Å². The Bertz CT molecular complexity index is 4890. The minimum absolute atomic E-state index is 0.320. The van der Waals surface area contributed by atoms with Crippen molar-refractivity contribution in [2.75, 3.05) is 0 Å². The molecule has 70 heavy (non-hydrogen) atoms. The van der Waals surface area contributed by atoms with Gasteiger partial charge in [0.1, 0.15) is 39.6 Å². The fourth-order valence-corrected chi connectivity index (χ4v) is 11.9. The van der Waals surface area contributed by atoms with Gasteiger partial charge < -0.3 is 27.0 Å². The zero-order valence-electron chi connectivity index (χ0n) is 36.9. The lowest BCUT2D eigenvalue weighted by molar-refractivity contribution is 0.672. The van der Waals surface area contributed by atoms with Gasteiger partial charge in [0.15, 0.2) is 0 Å². The second-order valence-electron chi connectivity index (χ2n) is 18.1. The number of benzene rings is 10. The molecular weight excluding hydrogens is 863 g/mol. The molecule has 10 aromatic carbocycles. The second-order valence-corrected chi connectivity index (χ2v) is 18.1. The van der Waals surface area contributed by atoms with E-state index < -0.39 is 0 Å². The first-order valence-corrected chi connectivity index (χ1v) is 23.2. The number of nitrogens with zero attached hydrogens (tertiary/aromatic N) is 5. The Balaban J connectivity index is 1.12. The van der Waals surface area contributed by atoms with Crippen molar-refractivity contribution in [1.29, 1.82) is 5.26 Å². The molecule has 322 valence electrons. The highest BCUT2D eigenvalue weighted by Crippen LogP contribution is 2.50. The first-order chi connectivity index (χ1) is 34.7. The van der Waals surface area contributed by atoms with Gasteiger partial charge in [0, 0.05) is 48.5 Å². The van der Waals surface area contributed by atoms with Gasteiger partial charge in [-0.15, -0.1) is 0 Å². The Morgan fingerprint density at radius 2 is 0.729 bits per heavy atom. The van der Waals surface area contributed by atoms with Gasteiger partial charge >= 0.3 is 0 Å². The summed E-state index contributed by atoms with van der Waals surface area (Å²) in [6.45, 7) is 9.33. The van der Waals surface area contributed by atoms with Crippen LogP contribution in [0.2, 0.25) is 0 Å². The molecule has 0 amide bonds. The van der Waals surface area contributed by atoms with Gasteiger partial charge in [-0.3, -0.25) is 0 Å². The Morgan fingerprint density at radius 3 is 1.14 bits per heavy atom. The lowest BCUT2D eigenvalue weighted by atomic mass is 10.0. The zero-order valence-corrected chi connectivity index (χ0v) is 36.9. The molecule has 8 nitrogen and oxygen atoms in total. The molecule has 0 unspecified atom stereocenters. The molecule has 0 radical (unpaired) electrons. The molecule has 0 bridgehead atoms. The lowest BCUT2D eigenvalue weighted by Crippen LogP contribution is -2.08. The summed E-state index contributed by atoms with van der Waals surface area (Å²) in [5, 5.41) is 23.8. The van der Waals surface area contributed by atoms with Crippen molar-refractivity contribution in [3.63, 3.8) is 0 Å². The summed E-state index contributed by atoms with van der Waals surface area (Å²) >= 11 is 0. The van der Waals surface area contributed by atoms with E-state index in [1.54, 1.807) is 0 Å². The van der Waals surface area contributed by atoms with Crippen molar-refractivity contribution in [2.45, 2.75) is 0 Å². The molecule has 0 aliphatic heterocycles. The van der Waals surface area contributed by atoms with Crippen molar-refractivity contribution < 1.29 is 13.3 Å². The SMILES string of the molecule is [C-]#[N+]c1c(-n2c3ccccc3c3c4oc5ccccc5c4ccc32)cc(-n2c3ccccc3c3c4oc5ccccc5c4ccc32)c(C#N)c1-n1c2ccccc2c2c3oc4ccccc4c3ccc21. The highest BCUT2D eigenvalue weighted by atomic mass is 16.3. The number of fused-ring (bicyclic) bond motifs is 21. The van der Waals surface area contributed by atoms with Crippen LogP contribution in [0.1, 0.15) is 5.56 Å². The molecule has 0 aliphatic carbocycles. The Morgan fingerprint density at radius 1 is 0.371 bits per heavy atom. The van der Waals surface area contributed by atoms with Crippen molar-refractivity contribution in [3.8, 4) is 23.1 Å². The summed E-state index contributed by atoms with van der Waals surface area (Å²) in [5.41, 5.74) is 12.3. The van der Waals surface area contributed by atoms with Gasteiger partial charge in [-0.1, -0.05) is 109 Å². The maximum Gasteiger partial charge on any atom is 0.235 e. The maximum atomic E-state index is 12.0.